The summed E-state index contributed by atoms with van der Waals surface area (Å²) >= 11 is 0. The minimum absolute atomic E-state index is 0.125. The number of rotatable bonds is 5. The maximum Gasteiger partial charge on any atom is 0.146 e. The molecule has 0 saturated heterocycles. The lowest BCUT2D eigenvalue weighted by molar-refractivity contribution is 0.199. The maximum absolute atomic E-state index is 14.4. The van der Waals surface area contributed by atoms with E-state index < -0.39 is 6.10 Å². The summed E-state index contributed by atoms with van der Waals surface area (Å²) in [4.78, 5) is 1.99. The molecule has 3 heteroatoms. The molecule has 21 heavy (non-hydrogen) atoms. The standard InChI is InChI=1S/C18H22FNO/c1-13(2)20(12-15-8-5-4-6-9-15)18-16(14(3)21)10-7-11-17(18)19/h4-11,13-14,21H,12H2,1-3H3. The smallest absolute Gasteiger partial charge is 0.146 e. The van der Waals surface area contributed by atoms with Gasteiger partial charge in [0.15, 0.2) is 0 Å². The molecule has 2 rings (SSSR count). The summed E-state index contributed by atoms with van der Waals surface area (Å²) in [5, 5.41) is 9.93. The second kappa shape index (κ2) is 6.72. The first-order valence-corrected chi connectivity index (χ1v) is 7.27. The molecule has 0 spiro atoms. The first-order chi connectivity index (χ1) is 10.0. The molecule has 1 unspecified atom stereocenters. The van der Waals surface area contributed by atoms with Crippen molar-refractivity contribution in [2.75, 3.05) is 4.90 Å². The molecule has 0 aliphatic heterocycles. The van der Waals surface area contributed by atoms with E-state index in [0.717, 1.165) is 5.56 Å². The summed E-state index contributed by atoms with van der Waals surface area (Å²) < 4.78 is 14.4. The normalized spacial score (nSPS) is 12.5. The SMILES string of the molecule is CC(O)c1cccc(F)c1N(Cc1ccccc1)C(C)C. The lowest BCUT2D eigenvalue weighted by Gasteiger charge is -2.32. The molecule has 1 N–H and O–H groups in total. The fourth-order valence-electron chi connectivity index (χ4n) is 2.47. The van der Waals surface area contributed by atoms with Crippen LogP contribution in [-0.2, 0) is 6.54 Å². The van der Waals surface area contributed by atoms with Crippen molar-refractivity contribution in [1.29, 1.82) is 0 Å². The molecular weight excluding hydrogens is 265 g/mol. The number of nitrogens with zero attached hydrogens (tertiary/aromatic N) is 1. The largest absolute Gasteiger partial charge is 0.389 e. The Morgan fingerprint density at radius 3 is 2.24 bits per heavy atom. The summed E-state index contributed by atoms with van der Waals surface area (Å²) in [6, 6.07) is 15.0. The third kappa shape index (κ3) is 3.61. The van der Waals surface area contributed by atoms with Crippen LogP contribution in [0.25, 0.3) is 0 Å². The third-order valence-corrected chi connectivity index (χ3v) is 3.57. The number of hydrogen-bond acceptors (Lipinski definition) is 2. The summed E-state index contributed by atoms with van der Waals surface area (Å²) in [6.07, 6.45) is -0.701. The van der Waals surface area contributed by atoms with Crippen molar-refractivity contribution in [2.24, 2.45) is 0 Å². The van der Waals surface area contributed by atoms with Crippen LogP contribution >= 0.6 is 0 Å². The molecule has 2 aromatic carbocycles. The number of para-hydroxylation sites is 1. The topological polar surface area (TPSA) is 23.5 Å². The Bertz CT molecular complexity index is 581. The maximum atomic E-state index is 14.4. The fraction of sp³-hybridized carbons (Fsp3) is 0.333. The van der Waals surface area contributed by atoms with Crippen molar-refractivity contribution in [1.82, 2.24) is 0 Å². The number of benzene rings is 2. The lowest BCUT2D eigenvalue weighted by Crippen LogP contribution is -2.32. The van der Waals surface area contributed by atoms with Crippen LogP contribution in [0.3, 0.4) is 0 Å². The first kappa shape index (κ1) is 15.5. The van der Waals surface area contributed by atoms with Crippen LogP contribution in [-0.4, -0.2) is 11.1 Å². The van der Waals surface area contributed by atoms with E-state index in [-0.39, 0.29) is 11.9 Å². The van der Waals surface area contributed by atoms with Gasteiger partial charge >= 0.3 is 0 Å². The lowest BCUT2D eigenvalue weighted by atomic mass is 10.0. The molecule has 2 aromatic rings. The minimum atomic E-state index is -0.701. The van der Waals surface area contributed by atoms with E-state index in [9.17, 15) is 9.50 Å². The number of halogens is 1. The molecular formula is C18H22FNO. The van der Waals surface area contributed by atoms with Crippen LogP contribution in [0.5, 0.6) is 0 Å². The van der Waals surface area contributed by atoms with Crippen LogP contribution < -0.4 is 4.90 Å². The Morgan fingerprint density at radius 2 is 1.67 bits per heavy atom. The van der Waals surface area contributed by atoms with Gasteiger partial charge in [-0.25, -0.2) is 4.39 Å². The zero-order valence-electron chi connectivity index (χ0n) is 12.8. The molecule has 0 bridgehead atoms. The zero-order valence-corrected chi connectivity index (χ0v) is 12.8. The Hall–Kier alpha value is -1.87. The van der Waals surface area contributed by atoms with E-state index in [2.05, 4.69) is 0 Å². The Labute approximate surface area is 125 Å². The van der Waals surface area contributed by atoms with Gasteiger partial charge in [0.2, 0.25) is 0 Å². The molecule has 0 radical (unpaired) electrons. The quantitative estimate of drug-likeness (QED) is 0.886. The van der Waals surface area contributed by atoms with Gasteiger partial charge in [0.05, 0.1) is 11.8 Å². The second-order valence-corrected chi connectivity index (χ2v) is 5.56. The van der Waals surface area contributed by atoms with Gasteiger partial charge in [-0.1, -0.05) is 42.5 Å². The molecule has 112 valence electrons. The van der Waals surface area contributed by atoms with Gasteiger partial charge in [-0.05, 0) is 32.4 Å². The highest BCUT2D eigenvalue weighted by molar-refractivity contribution is 5.56. The Kier molecular flexibility index (Phi) is 4.97. The van der Waals surface area contributed by atoms with Gasteiger partial charge in [-0.3, -0.25) is 0 Å². The molecule has 2 nitrogen and oxygen atoms in total. The van der Waals surface area contributed by atoms with Crippen molar-refractivity contribution in [3.05, 3.63) is 65.5 Å². The first-order valence-electron chi connectivity index (χ1n) is 7.27. The average Bonchev–Trinajstić information content (AvgIpc) is 2.45. The van der Waals surface area contributed by atoms with E-state index in [1.807, 2.05) is 49.1 Å². The van der Waals surface area contributed by atoms with Crippen molar-refractivity contribution in [2.45, 2.75) is 39.5 Å². The van der Waals surface area contributed by atoms with Gasteiger partial charge in [-0.2, -0.15) is 0 Å². The van der Waals surface area contributed by atoms with Crippen molar-refractivity contribution >= 4 is 5.69 Å². The van der Waals surface area contributed by atoms with Crippen molar-refractivity contribution < 1.29 is 9.50 Å². The second-order valence-electron chi connectivity index (χ2n) is 5.56. The van der Waals surface area contributed by atoms with Gasteiger partial charge < -0.3 is 10.0 Å². The number of anilines is 1. The molecule has 0 aliphatic rings. The molecule has 0 aliphatic carbocycles. The monoisotopic (exact) mass is 287 g/mol. The van der Waals surface area contributed by atoms with Crippen molar-refractivity contribution in [3.8, 4) is 0 Å². The molecule has 0 saturated carbocycles. The number of aliphatic hydroxyl groups excluding tert-OH is 1. The molecule has 0 aromatic heterocycles. The minimum Gasteiger partial charge on any atom is -0.389 e. The zero-order chi connectivity index (χ0) is 15.4. The highest BCUT2D eigenvalue weighted by atomic mass is 19.1. The van der Waals surface area contributed by atoms with E-state index in [4.69, 9.17) is 0 Å². The van der Waals surface area contributed by atoms with E-state index in [1.54, 1.807) is 19.1 Å². The highest BCUT2D eigenvalue weighted by Gasteiger charge is 2.21. The van der Waals surface area contributed by atoms with E-state index in [1.165, 1.54) is 6.07 Å². The molecule has 0 heterocycles. The predicted molar refractivity (Wildman–Crippen MR) is 84.8 cm³/mol. The van der Waals surface area contributed by atoms with E-state index >= 15 is 0 Å². The number of aliphatic hydroxyl groups is 1. The van der Waals surface area contributed by atoms with Gasteiger partial charge in [0.1, 0.15) is 5.82 Å². The highest BCUT2D eigenvalue weighted by Crippen LogP contribution is 2.31. The van der Waals surface area contributed by atoms with Gasteiger partial charge in [0.25, 0.3) is 0 Å². The van der Waals surface area contributed by atoms with E-state index in [0.29, 0.717) is 17.8 Å². The average molecular weight is 287 g/mol. The van der Waals surface area contributed by atoms with Gasteiger partial charge in [0, 0.05) is 18.2 Å². The summed E-state index contributed by atoms with van der Waals surface area (Å²) in [7, 11) is 0. The Balaban J connectivity index is 2.44. The van der Waals surface area contributed by atoms with Crippen LogP contribution in [0.15, 0.2) is 48.5 Å². The van der Waals surface area contributed by atoms with Crippen LogP contribution in [0.1, 0.15) is 38.0 Å². The van der Waals surface area contributed by atoms with Crippen LogP contribution in [0.2, 0.25) is 0 Å². The summed E-state index contributed by atoms with van der Waals surface area (Å²) in [6.45, 7) is 6.33. The van der Waals surface area contributed by atoms with Crippen LogP contribution in [0, 0.1) is 5.82 Å². The van der Waals surface area contributed by atoms with Gasteiger partial charge in [-0.15, -0.1) is 0 Å². The Morgan fingerprint density at radius 1 is 1.00 bits per heavy atom. The van der Waals surface area contributed by atoms with Crippen molar-refractivity contribution in [3.63, 3.8) is 0 Å². The molecule has 1 atom stereocenters. The third-order valence-electron chi connectivity index (χ3n) is 3.57. The molecule has 0 fully saturated rings. The fourth-order valence-corrected chi connectivity index (χ4v) is 2.47. The number of hydrogen-bond donors (Lipinski definition) is 1. The predicted octanol–water partition coefficient (Wildman–Crippen LogP) is 4.29. The molecule has 0 amide bonds. The summed E-state index contributed by atoms with van der Waals surface area (Å²) in [5.41, 5.74) is 2.23. The van der Waals surface area contributed by atoms with Crippen LogP contribution in [0.4, 0.5) is 10.1 Å². The summed E-state index contributed by atoms with van der Waals surface area (Å²) in [5.74, 6) is -0.293.